The summed E-state index contributed by atoms with van der Waals surface area (Å²) in [5.41, 5.74) is 2.21. The molecule has 0 bridgehead atoms. The van der Waals surface area contributed by atoms with Gasteiger partial charge in [-0.2, -0.15) is 4.98 Å². The van der Waals surface area contributed by atoms with Crippen molar-refractivity contribution in [2.75, 3.05) is 26.7 Å². The van der Waals surface area contributed by atoms with Gasteiger partial charge in [-0.1, -0.05) is 28.9 Å². The van der Waals surface area contributed by atoms with Crippen molar-refractivity contribution in [2.45, 2.75) is 19.4 Å². The Balaban J connectivity index is 1.70. The first kappa shape index (κ1) is 13.3. The molecule has 5 heteroatoms. The number of aryl methyl sites for hydroxylation is 1. The van der Waals surface area contributed by atoms with E-state index in [9.17, 15) is 0 Å². The molecule has 0 amide bonds. The van der Waals surface area contributed by atoms with Gasteiger partial charge in [0.15, 0.2) is 0 Å². The molecule has 0 spiro atoms. The highest BCUT2D eigenvalue weighted by molar-refractivity contribution is 5.55. The van der Waals surface area contributed by atoms with Gasteiger partial charge in [0.05, 0.1) is 0 Å². The lowest BCUT2D eigenvalue weighted by molar-refractivity contribution is 0.227. The second kappa shape index (κ2) is 5.73. The minimum atomic E-state index is 0.388. The monoisotopic (exact) mass is 272 g/mol. The zero-order valence-corrected chi connectivity index (χ0v) is 12.0. The fourth-order valence-corrected chi connectivity index (χ4v) is 2.58. The molecule has 106 valence electrons. The van der Waals surface area contributed by atoms with E-state index in [4.69, 9.17) is 4.52 Å². The molecule has 1 aliphatic rings. The van der Waals surface area contributed by atoms with Crippen molar-refractivity contribution in [1.29, 1.82) is 0 Å². The average molecular weight is 272 g/mol. The van der Waals surface area contributed by atoms with E-state index in [0.717, 1.165) is 31.6 Å². The van der Waals surface area contributed by atoms with Crippen LogP contribution in [0.2, 0.25) is 0 Å². The third-order valence-corrected chi connectivity index (χ3v) is 3.62. The van der Waals surface area contributed by atoms with Crippen molar-refractivity contribution in [2.24, 2.45) is 0 Å². The number of hydrogen-bond acceptors (Lipinski definition) is 5. The molecule has 0 aliphatic carbocycles. The summed E-state index contributed by atoms with van der Waals surface area (Å²) in [5, 5.41) is 7.57. The molecule has 2 aromatic rings. The molecule has 20 heavy (non-hydrogen) atoms. The van der Waals surface area contributed by atoms with Crippen LogP contribution in [0.15, 0.2) is 28.8 Å². The smallest absolute Gasteiger partial charge is 0.228 e. The first-order valence-electron chi connectivity index (χ1n) is 7.02. The van der Waals surface area contributed by atoms with Crippen molar-refractivity contribution in [3.05, 3.63) is 35.7 Å². The van der Waals surface area contributed by atoms with Crippen LogP contribution in [0.5, 0.6) is 0 Å². The van der Waals surface area contributed by atoms with Crippen LogP contribution in [0.25, 0.3) is 11.4 Å². The topological polar surface area (TPSA) is 54.2 Å². The number of likely N-dealkylation sites (N-methyl/N-ethyl adjacent to an activating group) is 1. The number of rotatable bonds is 3. The van der Waals surface area contributed by atoms with Gasteiger partial charge < -0.3 is 14.7 Å². The largest absolute Gasteiger partial charge is 0.339 e. The van der Waals surface area contributed by atoms with Crippen LogP contribution in [-0.4, -0.2) is 47.8 Å². The van der Waals surface area contributed by atoms with E-state index in [0.29, 0.717) is 17.8 Å². The van der Waals surface area contributed by atoms with E-state index in [1.54, 1.807) is 0 Å². The Morgan fingerprint density at radius 2 is 2.35 bits per heavy atom. The molecule has 2 heterocycles. The number of nitrogens with zero attached hydrogens (tertiary/aromatic N) is 3. The molecule has 1 aromatic carbocycles. The van der Waals surface area contributed by atoms with Gasteiger partial charge in [-0.25, -0.2) is 0 Å². The van der Waals surface area contributed by atoms with Crippen LogP contribution in [0.1, 0.15) is 11.5 Å². The van der Waals surface area contributed by atoms with E-state index >= 15 is 0 Å². The van der Waals surface area contributed by atoms with E-state index in [1.165, 1.54) is 5.56 Å². The number of benzene rings is 1. The van der Waals surface area contributed by atoms with Crippen molar-refractivity contribution in [3.63, 3.8) is 0 Å². The van der Waals surface area contributed by atoms with Gasteiger partial charge in [-0.3, -0.25) is 0 Å². The quantitative estimate of drug-likeness (QED) is 0.917. The van der Waals surface area contributed by atoms with Crippen LogP contribution in [0, 0.1) is 6.92 Å². The van der Waals surface area contributed by atoms with Gasteiger partial charge >= 0.3 is 0 Å². The molecular formula is C15H20N4O. The third-order valence-electron chi connectivity index (χ3n) is 3.62. The maximum absolute atomic E-state index is 5.38. The normalized spacial score (nSPS) is 20.2. The third kappa shape index (κ3) is 3.05. The van der Waals surface area contributed by atoms with Crippen molar-refractivity contribution < 1.29 is 4.52 Å². The molecule has 1 atom stereocenters. The van der Waals surface area contributed by atoms with Gasteiger partial charge in [0, 0.05) is 37.7 Å². The highest BCUT2D eigenvalue weighted by Gasteiger charge is 2.19. The molecule has 5 nitrogen and oxygen atoms in total. The standard InChI is InChI=1S/C15H20N4O/c1-11-4-3-5-12(8-11)15-17-14(20-18-15)9-13-10-19(2)7-6-16-13/h3-5,8,13,16H,6-7,9-10H2,1-2H3. The molecule has 0 radical (unpaired) electrons. The van der Waals surface area contributed by atoms with Crippen molar-refractivity contribution in [1.82, 2.24) is 20.4 Å². The summed E-state index contributed by atoms with van der Waals surface area (Å²) in [6.07, 6.45) is 0.781. The molecule has 3 rings (SSSR count). The molecule has 1 aliphatic heterocycles. The summed E-state index contributed by atoms with van der Waals surface area (Å²) in [4.78, 5) is 6.82. The van der Waals surface area contributed by atoms with E-state index < -0.39 is 0 Å². The summed E-state index contributed by atoms with van der Waals surface area (Å²) in [6, 6.07) is 8.54. The van der Waals surface area contributed by atoms with E-state index in [2.05, 4.69) is 46.5 Å². The van der Waals surface area contributed by atoms with Gasteiger partial charge in [0.2, 0.25) is 11.7 Å². The maximum atomic E-state index is 5.38. The van der Waals surface area contributed by atoms with Crippen LogP contribution >= 0.6 is 0 Å². The van der Waals surface area contributed by atoms with Crippen LogP contribution in [-0.2, 0) is 6.42 Å². The highest BCUT2D eigenvalue weighted by Crippen LogP contribution is 2.17. The number of hydrogen-bond donors (Lipinski definition) is 1. The predicted octanol–water partition coefficient (Wildman–Crippen LogP) is 1.49. The fraction of sp³-hybridized carbons (Fsp3) is 0.467. The molecule has 0 saturated carbocycles. The summed E-state index contributed by atoms with van der Waals surface area (Å²) in [7, 11) is 2.14. The van der Waals surface area contributed by atoms with Crippen molar-refractivity contribution in [3.8, 4) is 11.4 Å². The zero-order valence-electron chi connectivity index (χ0n) is 12.0. The predicted molar refractivity (Wildman–Crippen MR) is 77.5 cm³/mol. The fourth-order valence-electron chi connectivity index (χ4n) is 2.58. The molecule has 1 unspecified atom stereocenters. The lowest BCUT2D eigenvalue weighted by atomic mass is 10.1. The van der Waals surface area contributed by atoms with E-state index in [1.807, 2.05) is 12.1 Å². The second-order valence-electron chi connectivity index (χ2n) is 5.50. The molecule has 1 aromatic heterocycles. The summed E-state index contributed by atoms with van der Waals surface area (Å²) < 4.78 is 5.38. The van der Waals surface area contributed by atoms with Crippen LogP contribution < -0.4 is 5.32 Å². The Bertz CT molecular complexity index is 581. The summed E-state index contributed by atoms with van der Waals surface area (Å²) in [5.74, 6) is 1.38. The number of piperazine rings is 1. The second-order valence-corrected chi connectivity index (χ2v) is 5.50. The van der Waals surface area contributed by atoms with Gasteiger partial charge in [-0.05, 0) is 20.0 Å². The van der Waals surface area contributed by atoms with E-state index in [-0.39, 0.29) is 0 Å². The number of nitrogens with one attached hydrogen (secondary N) is 1. The lowest BCUT2D eigenvalue weighted by Gasteiger charge is -2.29. The average Bonchev–Trinajstić information content (AvgIpc) is 2.87. The number of aromatic nitrogens is 2. The van der Waals surface area contributed by atoms with Gasteiger partial charge in [-0.15, -0.1) is 0 Å². The summed E-state index contributed by atoms with van der Waals surface area (Å²) >= 11 is 0. The minimum absolute atomic E-state index is 0.388. The first-order valence-corrected chi connectivity index (χ1v) is 7.02. The lowest BCUT2D eigenvalue weighted by Crippen LogP contribution is -2.49. The van der Waals surface area contributed by atoms with Crippen LogP contribution in [0.4, 0.5) is 0 Å². The Kier molecular flexibility index (Phi) is 3.80. The zero-order chi connectivity index (χ0) is 13.9. The maximum Gasteiger partial charge on any atom is 0.228 e. The Morgan fingerprint density at radius 1 is 1.45 bits per heavy atom. The molecule has 1 N–H and O–H groups in total. The minimum Gasteiger partial charge on any atom is -0.339 e. The van der Waals surface area contributed by atoms with Crippen molar-refractivity contribution >= 4 is 0 Å². The Labute approximate surface area is 119 Å². The SMILES string of the molecule is Cc1cccc(-c2noc(CC3CN(C)CCN3)n2)c1. The first-order chi connectivity index (χ1) is 9.70. The highest BCUT2D eigenvalue weighted by atomic mass is 16.5. The van der Waals surface area contributed by atoms with Gasteiger partial charge in [0.1, 0.15) is 0 Å². The summed E-state index contributed by atoms with van der Waals surface area (Å²) in [6.45, 7) is 5.18. The van der Waals surface area contributed by atoms with Crippen LogP contribution in [0.3, 0.4) is 0 Å². The molecule has 1 fully saturated rings. The Morgan fingerprint density at radius 3 is 3.15 bits per heavy atom. The molecule has 1 saturated heterocycles. The Hall–Kier alpha value is -1.72. The van der Waals surface area contributed by atoms with Gasteiger partial charge in [0.25, 0.3) is 0 Å². The molecular weight excluding hydrogens is 252 g/mol.